The lowest BCUT2D eigenvalue weighted by molar-refractivity contribution is -0.104. The summed E-state index contributed by atoms with van der Waals surface area (Å²) in [6, 6.07) is 0. The lowest BCUT2D eigenvalue weighted by Crippen LogP contribution is -1.50. The van der Waals surface area contributed by atoms with Gasteiger partial charge in [-0.15, -0.1) is 0 Å². The van der Waals surface area contributed by atoms with Gasteiger partial charge in [0.15, 0.2) is 0 Å². The fourth-order valence-electron chi connectivity index (χ4n) is 0.0786. The molecule has 0 aliphatic heterocycles. The summed E-state index contributed by atoms with van der Waals surface area (Å²) in [6.07, 6.45) is 3.88. The molecule has 0 atom stereocenters. The van der Waals surface area contributed by atoms with Crippen molar-refractivity contribution in [3.8, 4) is 0 Å². The summed E-state index contributed by atoms with van der Waals surface area (Å²) in [6.45, 7) is 1.80. The zero-order valence-electron chi connectivity index (χ0n) is 3.14. The highest BCUT2D eigenvalue weighted by atomic mass is 16.1. The van der Waals surface area contributed by atoms with E-state index >= 15 is 0 Å². The Morgan fingerprint density at radius 2 is 2.00 bits per heavy atom. The zero-order valence-corrected chi connectivity index (χ0v) is 3.14. The number of carbonyl (C=O) groups is 1. The highest BCUT2D eigenvalue weighted by Crippen LogP contribution is 1.55. The molecule has 0 aliphatic carbocycles. The molecular weight excluding hydrogens is 76.1 g/mol. The largest absolute Gasteiger partial charge is 0.299 e. The Morgan fingerprint density at radius 1 is 1.50 bits per heavy atom. The van der Waals surface area contributed by atoms with Crippen molar-refractivity contribution in [2.75, 3.05) is 0 Å². The van der Waals surface area contributed by atoms with E-state index in [0.29, 0.717) is 0 Å². The van der Waals surface area contributed by atoms with Gasteiger partial charge >= 0.3 is 0 Å². The second kappa shape index (κ2) is 8.83. The molecule has 0 heterocycles. The molecule has 0 rings (SSSR count). The Kier molecular flexibility index (Phi) is 13.3. The van der Waals surface area contributed by atoms with E-state index in [-0.39, 0.29) is 7.43 Å². The quantitative estimate of drug-likeness (QED) is 0.348. The summed E-state index contributed by atoms with van der Waals surface area (Å²) in [4.78, 5) is 9.32. The highest BCUT2D eigenvalue weighted by molar-refractivity contribution is 5.64. The predicted molar refractivity (Wildman–Crippen MR) is 27.6 cm³/mol. The lowest BCUT2D eigenvalue weighted by Gasteiger charge is -1.51. The van der Waals surface area contributed by atoms with Crippen molar-refractivity contribution < 1.29 is 4.79 Å². The van der Waals surface area contributed by atoms with Crippen LogP contribution in [-0.4, -0.2) is 6.29 Å². The normalized spacial score (nSPS) is 7.50. The molecule has 0 saturated carbocycles. The lowest BCUT2D eigenvalue weighted by atomic mass is 10.6. The maximum Gasteiger partial charge on any atom is 0.142 e. The Morgan fingerprint density at radius 3 is 2.00 bits per heavy atom. The van der Waals surface area contributed by atoms with Gasteiger partial charge in [-0.05, 0) is 13.0 Å². The summed E-state index contributed by atoms with van der Waals surface area (Å²) in [5, 5.41) is 0. The van der Waals surface area contributed by atoms with E-state index in [4.69, 9.17) is 0 Å². The summed E-state index contributed by atoms with van der Waals surface area (Å²) in [5.41, 5.74) is 0. The van der Waals surface area contributed by atoms with Crippen molar-refractivity contribution in [2.45, 2.75) is 14.4 Å². The molecule has 0 spiro atoms. The third kappa shape index (κ3) is 9.96. The number of hydrogen-bond acceptors (Lipinski definition) is 1. The fraction of sp³-hybridized carbons (Fsp3) is 0.400. The molecule has 0 amide bonds. The maximum atomic E-state index is 9.32. The second-order valence-corrected chi connectivity index (χ2v) is 0.662. The minimum atomic E-state index is 0. The van der Waals surface area contributed by atoms with E-state index < -0.39 is 0 Å². The minimum Gasteiger partial charge on any atom is -0.299 e. The Balaban J connectivity index is 0. The first kappa shape index (κ1) is 9.05. The van der Waals surface area contributed by atoms with Crippen LogP contribution in [0.5, 0.6) is 0 Å². The number of rotatable bonds is 1. The van der Waals surface area contributed by atoms with Gasteiger partial charge in [-0.25, -0.2) is 0 Å². The molecule has 1 nitrogen and oxygen atoms in total. The smallest absolute Gasteiger partial charge is 0.142 e. The van der Waals surface area contributed by atoms with Crippen LogP contribution in [0, 0.1) is 0 Å². The average Bonchev–Trinajstić information content (AvgIpc) is 1.41. The Bertz CT molecular complexity index is 45.9. The van der Waals surface area contributed by atoms with E-state index in [0.717, 1.165) is 6.29 Å². The van der Waals surface area contributed by atoms with Crippen LogP contribution in [0.1, 0.15) is 14.4 Å². The molecule has 0 aliphatic rings. The molecule has 0 aromatic heterocycles. The van der Waals surface area contributed by atoms with Crippen molar-refractivity contribution in [3.05, 3.63) is 12.2 Å². The SMILES string of the molecule is C.CC=CC=O. The van der Waals surface area contributed by atoms with E-state index in [1.165, 1.54) is 6.08 Å². The standard InChI is InChI=1S/C4H6O.CH4/c1-2-3-4-5;/h2-4H,1H3;1H4. The number of aldehydes is 1. The highest BCUT2D eigenvalue weighted by Gasteiger charge is 1.48. The zero-order chi connectivity index (χ0) is 4.12. The molecule has 0 bridgehead atoms. The van der Waals surface area contributed by atoms with Gasteiger partial charge in [0.25, 0.3) is 0 Å². The molecule has 0 unspecified atom stereocenters. The first-order valence-corrected chi connectivity index (χ1v) is 1.48. The third-order valence-electron chi connectivity index (χ3n) is 0.271. The second-order valence-electron chi connectivity index (χ2n) is 0.662. The van der Waals surface area contributed by atoms with Crippen LogP contribution in [0.3, 0.4) is 0 Å². The molecule has 36 valence electrons. The van der Waals surface area contributed by atoms with Gasteiger partial charge < -0.3 is 0 Å². The summed E-state index contributed by atoms with van der Waals surface area (Å²) < 4.78 is 0. The molecule has 6 heavy (non-hydrogen) atoms. The van der Waals surface area contributed by atoms with Crippen LogP contribution in [0.25, 0.3) is 0 Å². The van der Waals surface area contributed by atoms with Gasteiger partial charge in [-0.3, -0.25) is 4.79 Å². The Hall–Kier alpha value is -0.590. The van der Waals surface area contributed by atoms with Gasteiger partial charge in [0.1, 0.15) is 6.29 Å². The van der Waals surface area contributed by atoms with Crippen LogP contribution < -0.4 is 0 Å². The predicted octanol–water partition coefficient (Wildman–Crippen LogP) is 1.40. The molecule has 0 fully saturated rings. The van der Waals surface area contributed by atoms with E-state index in [9.17, 15) is 4.79 Å². The average molecular weight is 86.1 g/mol. The van der Waals surface area contributed by atoms with Crippen molar-refractivity contribution >= 4 is 6.29 Å². The van der Waals surface area contributed by atoms with E-state index in [1.807, 2.05) is 0 Å². The van der Waals surface area contributed by atoms with Gasteiger partial charge in [0.05, 0.1) is 0 Å². The summed E-state index contributed by atoms with van der Waals surface area (Å²) in [5.74, 6) is 0. The van der Waals surface area contributed by atoms with Crippen molar-refractivity contribution in [3.63, 3.8) is 0 Å². The van der Waals surface area contributed by atoms with Gasteiger partial charge in [-0.2, -0.15) is 0 Å². The molecular formula is C5H10O. The maximum absolute atomic E-state index is 9.32. The molecule has 0 aromatic carbocycles. The van der Waals surface area contributed by atoms with Crippen molar-refractivity contribution in [2.24, 2.45) is 0 Å². The summed E-state index contributed by atoms with van der Waals surface area (Å²) in [7, 11) is 0. The Labute approximate surface area is 38.7 Å². The first-order valence-electron chi connectivity index (χ1n) is 1.48. The molecule has 0 saturated heterocycles. The van der Waals surface area contributed by atoms with E-state index in [2.05, 4.69) is 0 Å². The first-order chi connectivity index (χ1) is 2.41. The topological polar surface area (TPSA) is 17.1 Å². The van der Waals surface area contributed by atoms with Crippen molar-refractivity contribution in [1.29, 1.82) is 0 Å². The molecule has 0 aromatic rings. The van der Waals surface area contributed by atoms with Crippen LogP contribution in [0.15, 0.2) is 12.2 Å². The fourth-order valence-corrected chi connectivity index (χ4v) is 0.0786. The van der Waals surface area contributed by atoms with Crippen molar-refractivity contribution in [1.82, 2.24) is 0 Å². The van der Waals surface area contributed by atoms with Gasteiger partial charge in [-0.1, -0.05) is 13.5 Å². The molecule has 0 N–H and O–H groups in total. The van der Waals surface area contributed by atoms with Crippen LogP contribution in [0.4, 0.5) is 0 Å². The minimum absolute atomic E-state index is 0. The summed E-state index contributed by atoms with van der Waals surface area (Å²) >= 11 is 0. The number of hydrogen-bond donors (Lipinski definition) is 0. The van der Waals surface area contributed by atoms with Gasteiger partial charge in [0.2, 0.25) is 0 Å². The third-order valence-corrected chi connectivity index (χ3v) is 0.271. The molecule has 1 heteroatoms. The molecule has 0 radical (unpaired) electrons. The van der Waals surface area contributed by atoms with Crippen LogP contribution in [0.2, 0.25) is 0 Å². The van der Waals surface area contributed by atoms with E-state index in [1.54, 1.807) is 13.0 Å². The number of allylic oxidation sites excluding steroid dienone is 2. The monoisotopic (exact) mass is 86.1 g/mol. The number of carbonyl (C=O) groups excluding carboxylic acids is 1. The van der Waals surface area contributed by atoms with Gasteiger partial charge in [0, 0.05) is 0 Å². The van der Waals surface area contributed by atoms with Crippen LogP contribution in [-0.2, 0) is 4.79 Å². The van der Waals surface area contributed by atoms with Crippen LogP contribution >= 0.6 is 0 Å².